The van der Waals surface area contributed by atoms with Crippen molar-refractivity contribution in [1.82, 2.24) is 0 Å². The van der Waals surface area contributed by atoms with Crippen LogP contribution >= 0.6 is 11.3 Å². The maximum atomic E-state index is 12.3. The molecule has 0 aliphatic carbocycles. The van der Waals surface area contributed by atoms with Crippen LogP contribution in [0.2, 0.25) is 0 Å². The van der Waals surface area contributed by atoms with Crippen LogP contribution in [0.25, 0.3) is 0 Å². The highest BCUT2D eigenvalue weighted by Gasteiger charge is 2.25. The fourth-order valence-corrected chi connectivity index (χ4v) is 3.58. The van der Waals surface area contributed by atoms with E-state index in [1.807, 2.05) is 30.3 Å². The fourth-order valence-electron chi connectivity index (χ4n) is 2.48. The second-order valence-corrected chi connectivity index (χ2v) is 6.59. The monoisotopic (exact) mass is 359 g/mol. The van der Waals surface area contributed by atoms with E-state index < -0.39 is 5.97 Å². The summed E-state index contributed by atoms with van der Waals surface area (Å²) in [4.78, 5) is 36.7. The summed E-state index contributed by atoms with van der Waals surface area (Å²) in [5.41, 5.74) is 1.88. The molecule has 5 nitrogen and oxygen atoms in total. The molecule has 1 N–H and O–H groups in total. The summed E-state index contributed by atoms with van der Waals surface area (Å²) in [5, 5.41) is 3.14. The van der Waals surface area contributed by atoms with E-state index in [2.05, 4.69) is 5.32 Å². The van der Waals surface area contributed by atoms with Gasteiger partial charge in [-0.05, 0) is 38.3 Å². The lowest BCUT2D eigenvalue weighted by atomic mass is 10.1. The molecule has 0 radical (unpaired) electrons. The second kappa shape index (κ2) is 8.58. The minimum absolute atomic E-state index is 0.141. The number of hydrogen-bond acceptors (Lipinski definition) is 5. The van der Waals surface area contributed by atoms with Crippen molar-refractivity contribution in [1.29, 1.82) is 0 Å². The Morgan fingerprint density at radius 2 is 1.84 bits per heavy atom. The number of Topliss-reactive ketones (excluding diaryl/α,β-unsaturated/α-hetero) is 1. The molecule has 1 aromatic heterocycles. The lowest BCUT2D eigenvalue weighted by Gasteiger charge is -2.07. The lowest BCUT2D eigenvalue weighted by molar-refractivity contribution is -0.116. The number of benzene rings is 1. The molecule has 0 bridgehead atoms. The van der Waals surface area contributed by atoms with Crippen LogP contribution in [-0.2, 0) is 16.0 Å². The quantitative estimate of drug-likeness (QED) is 0.599. The highest BCUT2D eigenvalue weighted by molar-refractivity contribution is 7.18. The number of rotatable bonds is 7. The van der Waals surface area contributed by atoms with Gasteiger partial charge >= 0.3 is 5.97 Å². The van der Waals surface area contributed by atoms with Crippen LogP contribution in [0.1, 0.15) is 51.4 Å². The smallest absolute Gasteiger partial charge is 0.341 e. The SMILES string of the molecule is CCOC(=O)c1c(NC(=O)CCc2ccccc2)sc(C(C)=O)c1C. The number of carbonyl (C=O) groups is 3. The van der Waals surface area contributed by atoms with Crippen LogP contribution in [0.4, 0.5) is 5.00 Å². The molecule has 0 aliphatic rings. The largest absolute Gasteiger partial charge is 0.462 e. The van der Waals surface area contributed by atoms with E-state index in [0.717, 1.165) is 16.9 Å². The van der Waals surface area contributed by atoms with Gasteiger partial charge in [-0.1, -0.05) is 30.3 Å². The molecule has 25 heavy (non-hydrogen) atoms. The Labute approximate surface area is 151 Å². The summed E-state index contributed by atoms with van der Waals surface area (Å²) in [6.07, 6.45) is 0.893. The van der Waals surface area contributed by atoms with Crippen LogP contribution in [-0.4, -0.2) is 24.3 Å². The maximum absolute atomic E-state index is 12.3. The normalized spacial score (nSPS) is 10.4. The fraction of sp³-hybridized carbons (Fsp3) is 0.316. The summed E-state index contributed by atoms with van der Waals surface area (Å²) >= 11 is 1.12. The zero-order valence-electron chi connectivity index (χ0n) is 14.5. The number of carbonyl (C=O) groups excluding carboxylic acids is 3. The van der Waals surface area contributed by atoms with E-state index in [1.165, 1.54) is 6.92 Å². The number of amides is 1. The van der Waals surface area contributed by atoms with Crippen molar-refractivity contribution >= 4 is 34.0 Å². The third kappa shape index (κ3) is 4.76. The van der Waals surface area contributed by atoms with Crippen molar-refractivity contribution in [2.75, 3.05) is 11.9 Å². The van der Waals surface area contributed by atoms with Crippen molar-refractivity contribution in [2.24, 2.45) is 0 Å². The molecule has 132 valence electrons. The van der Waals surface area contributed by atoms with Gasteiger partial charge in [-0.2, -0.15) is 0 Å². The predicted molar refractivity (Wildman–Crippen MR) is 98.4 cm³/mol. The van der Waals surface area contributed by atoms with Crippen molar-refractivity contribution in [3.63, 3.8) is 0 Å². The van der Waals surface area contributed by atoms with Crippen LogP contribution in [0.3, 0.4) is 0 Å². The molecule has 0 unspecified atom stereocenters. The molecule has 0 atom stereocenters. The third-order valence-corrected chi connectivity index (χ3v) is 4.99. The first-order valence-electron chi connectivity index (χ1n) is 8.09. The molecule has 0 aliphatic heterocycles. The van der Waals surface area contributed by atoms with Gasteiger partial charge < -0.3 is 10.1 Å². The summed E-state index contributed by atoms with van der Waals surface area (Å²) in [6, 6.07) is 9.69. The van der Waals surface area contributed by atoms with E-state index in [-0.39, 0.29) is 23.9 Å². The molecular weight excluding hydrogens is 338 g/mol. The summed E-state index contributed by atoms with van der Waals surface area (Å²) < 4.78 is 5.06. The molecule has 0 saturated carbocycles. The highest BCUT2D eigenvalue weighted by atomic mass is 32.1. The number of esters is 1. The van der Waals surface area contributed by atoms with Gasteiger partial charge in [0.1, 0.15) is 5.00 Å². The molecule has 0 saturated heterocycles. The molecule has 1 amide bonds. The minimum Gasteiger partial charge on any atom is -0.462 e. The molecule has 1 aromatic carbocycles. The van der Waals surface area contributed by atoms with E-state index in [0.29, 0.717) is 28.3 Å². The first kappa shape index (κ1) is 18.9. The standard InChI is InChI=1S/C19H21NO4S/c1-4-24-19(23)16-12(2)17(13(3)21)25-18(16)20-15(22)11-10-14-8-6-5-7-9-14/h5-9H,4,10-11H2,1-3H3,(H,20,22). The van der Waals surface area contributed by atoms with Crippen LogP contribution < -0.4 is 5.32 Å². The topological polar surface area (TPSA) is 72.5 Å². The van der Waals surface area contributed by atoms with Gasteiger partial charge in [0.15, 0.2) is 5.78 Å². The van der Waals surface area contributed by atoms with E-state index in [9.17, 15) is 14.4 Å². The molecule has 1 heterocycles. The molecule has 2 rings (SSSR count). The van der Waals surface area contributed by atoms with Crippen molar-refractivity contribution in [3.8, 4) is 0 Å². The van der Waals surface area contributed by atoms with Gasteiger partial charge in [-0.25, -0.2) is 4.79 Å². The predicted octanol–water partition coefficient (Wildman–Crippen LogP) is 4.01. The Balaban J connectivity index is 2.16. The van der Waals surface area contributed by atoms with Gasteiger partial charge in [0.2, 0.25) is 5.91 Å². The van der Waals surface area contributed by atoms with Crippen molar-refractivity contribution in [3.05, 3.63) is 51.9 Å². The van der Waals surface area contributed by atoms with E-state index >= 15 is 0 Å². The molecule has 0 fully saturated rings. The Morgan fingerprint density at radius 1 is 1.16 bits per heavy atom. The number of hydrogen-bond donors (Lipinski definition) is 1. The number of aryl methyl sites for hydroxylation is 1. The molecular formula is C19H21NO4S. The van der Waals surface area contributed by atoms with Gasteiger partial charge in [-0.3, -0.25) is 9.59 Å². The lowest BCUT2D eigenvalue weighted by Crippen LogP contribution is -2.15. The number of anilines is 1. The van der Waals surface area contributed by atoms with Crippen molar-refractivity contribution < 1.29 is 19.1 Å². The Kier molecular flexibility index (Phi) is 6.47. The van der Waals surface area contributed by atoms with Crippen LogP contribution in [0.5, 0.6) is 0 Å². The van der Waals surface area contributed by atoms with Crippen molar-refractivity contribution in [2.45, 2.75) is 33.6 Å². The van der Waals surface area contributed by atoms with Gasteiger partial charge in [0, 0.05) is 6.42 Å². The third-order valence-electron chi connectivity index (χ3n) is 3.68. The van der Waals surface area contributed by atoms with Gasteiger partial charge in [0.25, 0.3) is 0 Å². The zero-order chi connectivity index (χ0) is 18.4. The summed E-state index contributed by atoms with van der Waals surface area (Å²) in [6.45, 7) is 5.07. The van der Waals surface area contributed by atoms with E-state index in [1.54, 1.807) is 13.8 Å². The first-order chi connectivity index (χ1) is 11.9. The van der Waals surface area contributed by atoms with Crippen LogP contribution in [0.15, 0.2) is 30.3 Å². The second-order valence-electron chi connectivity index (χ2n) is 5.57. The number of ketones is 1. The van der Waals surface area contributed by atoms with Gasteiger partial charge in [-0.15, -0.1) is 11.3 Å². The Hall–Kier alpha value is -2.47. The molecule has 0 spiro atoms. The van der Waals surface area contributed by atoms with E-state index in [4.69, 9.17) is 4.74 Å². The average molecular weight is 359 g/mol. The molecule has 2 aromatic rings. The average Bonchev–Trinajstić information content (AvgIpc) is 2.90. The number of nitrogens with one attached hydrogen (secondary N) is 1. The Bertz CT molecular complexity index is 780. The Morgan fingerprint density at radius 3 is 2.44 bits per heavy atom. The minimum atomic E-state index is -0.526. The zero-order valence-corrected chi connectivity index (χ0v) is 15.4. The summed E-state index contributed by atoms with van der Waals surface area (Å²) in [7, 11) is 0. The maximum Gasteiger partial charge on any atom is 0.341 e. The summed E-state index contributed by atoms with van der Waals surface area (Å²) in [5.74, 6) is -0.870. The molecule has 6 heteroatoms. The first-order valence-corrected chi connectivity index (χ1v) is 8.90. The number of ether oxygens (including phenoxy) is 1. The van der Waals surface area contributed by atoms with Crippen LogP contribution in [0, 0.1) is 6.92 Å². The highest BCUT2D eigenvalue weighted by Crippen LogP contribution is 2.34. The number of thiophene rings is 1. The van der Waals surface area contributed by atoms with Gasteiger partial charge in [0.05, 0.1) is 17.0 Å².